The number of carbonyl (C=O) groups excluding carboxylic acids is 1. The molecule has 1 N–H and O–H groups in total. The van der Waals surface area contributed by atoms with Gasteiger partial charge in [0.15, 0.2) is 5.82 Å². The van der Waals surface area contributed by atoms with Crippen LogP contribution in [-0.2, 0) is 4.79 Å². The summed E-state index contributed by atoms with van der Waals surface area (Å²) in [6.07, 6.45) is 8.78. The van der Waals surface area contributed by atoms with Crippen LogP contribution < -0.4 is 5.32 Å². The van der Waals surface area contributed by atoms with Crippen molar-refractivity contribution in [1.29, 1.82) is 0 Å². The quantitative estimate of drug-likeness (QED) is 0.620. The van der Waals surface area contributed by atoms with Crippen molar-refractivity contribution < 1.29 is 4.79 Å². The van der Waals surface area contributed by atoms with Crippen LogP contribution in [0.5, 0.6) is 0 Å². The first kappa shape index (κ1) is 14.5. The maximum atomic E-state index is 11.7. The van der Waals surface area contributed by atoms with Crippen molar-refractivity contribution in [2.24, 2.45) is 0 Å². The monoisotopic (exact) mass is 291 g/mol. The Morgan fingerprint density at radius 3 is 2.95 bits per heavy atom. The van der Waals surface area contributed by atoms with Crippen molar-refractivity contribution in [3.63, 3.8) is 0 Å². The summed E-state index contributed by atoms with van der Waals surface area (Å²) in [4.78, 5) is 20.2. The molecule has 0 fully saturated rings. The molecule has 2 aromatic heterocycles. The van der Waals surface area contributed by atoms with Gasteiger partial charge in [0, 0.05) is 31.3 Å². The van der Waals surface area contributed by atoms with E-state index >= 15 is 0 Å². The van der Waals surface area contributed by atoms with E-state index in [0.29, 0.717) is 16.6 Å². The lowest BCUT2D eigenvalue weighted by atomic mass is 10.3. The van der Waals surface area contributed by atoms with Crippen LogP contribution in [0, 0.1) is 0 Å². The zero-order valence-corrected chi connectivity index (χ0v) is 12.1. The predicted octanol–water partition coefficient (Wildman–Crippen LogP) is 1.67. The molecule has 7 heteroatoms. The third-order valence-electron chi connectivity index (χ3n) is 2.56. The van der Waals surface area contributed by atoms with Gasteiger partial charge in [-0.1, -0.05) is 25.1 Å². The zero-order valence-electron chi connectivity index (χ0n) is 11.3. The van der Waals surface area contributed by atoms with Gasteiger partial charge < -0.3 is 5.32 Å². The molecule has 0 radical (unpaired) electrons. The molecular formula is C13H17N5OS. The summed E-state index contributed by atoms with van der Waals surface area (Å²) in [5.74, 6) is 0.987. The SMILES string of the molecule is CCCCNC(=O)CSc1nccnc1-n1cccn1. The van der Waals surface area contributed by atoms with Crippen LogP contribution in [0.15, 0.2) is 35.9 Å². The number of thioether (sulfide) groups is 1. The van der Waals surface area contributed by atoms with Crippen molar-refractivity contribution in [3.8, 4) is 5.82 Å². The molecule has 0 unspecified atom stereocenters. The Labute approximate surface area is 122 Å². The van der Waals surface area contributed by atoms with Gasteiger partial charge in [0.25, 0.3) is 0 Å². The molecule has 106 valence electrons. The lowest BCUT2D eigenvalue weighted by molar-refractivity contribution is -0.118. The number of unbranched alkanes of at least 4 members (excludes halogenated alkanes) is 1. The largest absolute Gasteiger partial charge is 0.355 e. The zero-order chi connectivity index (χ0) is 14.2. The van der Waals surface area contributed by atoms with E-state index in [9.17, 15) is 4.79 Å². The van der Waals surface area contributed by atoms with Crippen molar-refractivity contribution >= 4 is 17.7 Å². The average Bonchev–Trinajstić information content (AvgIpc) is 3.00. The molecule has 0 bridgehead atoms. The van der Waals surface area contributed by atoms with Crippen LogP contribution in [0.4, 0.5) is 0 Å². The first-order valence-corrected chi connectivity index (χ1v) is 7.50. The molecule has 0 saturated heterocycles. The molecule has 0 aliphatic heterocycles. The van der Waals surface area contributed by atoms with E-state index < -0.39 is 0 Å². The van der Waals surface area contributed by atoms with Gasteiger partial charge in [-0.3, -0.25) is 4.79 Å². The van der Waals surface area contributed by atoms with Gasteiger partial charge in [-0.05, 0) is 12.5 Å². The molecule has 0 aliphatic rings. The minimum Gasteiger partial charge on any atom is -0.355 e. The second kappa shape index (κ2) is 7.64. The molecule has 0 atom stereocenters. The van der Waals surface area contributed by atoms with Crippen molar-refractivity contribution in [2.75, 3.05) is 12.3 Å². The topological polar surface area (TPSA) is 72.7 Å². The fourth-order valence-corrected chi connectivity index (χ4v) is 2.34. The van der Waals surface area contributed by atoms with Gasteiger partial charge in [0.1, 0.15) is 5.03 Å². The highest BCUT2D eigenvalue weighted by molar-refractivity contribution is 8.00. The predicted molar refractivity (Wildman–Crippen MR) is 77.8 cm³/mol. The molecule has 0 saturated carbocycles. The smallest absolute Gasteiger partial charge is 0.230 e. The summed E-state index contributed by atoms with van der Waals surface area (Å²) >= 11 is 1.36. The number of amides is 1. The fourth-order valence-electron chi connectivity index (χ4n) is 1.56. The lowest BCUT2D eigenvalue weighted by Gasteiger charge is -2.07. The van der Waals surface area contributed by atoms with Gasteiger partial charge in [-0.2, -0.15) is 5.10 Å². The highest BCUT2D eigenvalue weighted by Crippen LogP contribution is 2.20. The third-order valence-corrected chi connectivity index (χ3v) is 3.53. The van der Waals surface area contributed by atoms with E-state index in [1.807, 2.05) is 6.07 Å². The van der Waals surface area contributed by atoms with Gasteiger partial charge in [0.2, 0.25) is 5.91 Å². The fraction of sp³-hybridized carbons (Fsp3) is 0.385. The van der Waals surface area contributed by atoms with Crippen LogP contribution in [0.2, 0.25) is 0 Å². The second-order valence-corrected chi connectivity index (χ2v) is 5.09. The Balaban J connectivity index is 1.95. The number of aromatic nitrogens is 4. The summed E-state index contributed by atoms with van der Waals surface area (Å²) in [5, 5.41) is 7.71. The van der Waals surface area contributed by atoms with Gasteiger partial charge in [-0.15, -0.1) is 0 Å². The summed E-state index contributed by atoms with van der Waals surface area (Å²) in [6.45, 7) is 2.82. The van der Waals surface area contributed by atoms with E-state index in [1.165, 1.54) is 11.8 Å². The maximum Gasteiger partial charge on any atom is 0.230 e. The first-order chi connectivity index (χ1) is 9.81. The van der Waals surface area contributed by atoms with E-state index in [2.05, 4.69) is 27.3 Å². The second-order valence-electron chi connectivity index (χ2n) is 4.13. The van der Waals surface area contributed by atoms with E-state index in [0.717, 1.165) is 19.4 Å². The van der Waals surface area contributed by atoms with Crippen LogP contribution in [-0.4, -0.2) is 38.0 Å². The Hall–Kier alpha value is -1.89. The molecule has 0 aromatic carbocycles. The van der Waals surface area contributed by atoms with Crippen LogP contribution in [0.25, 0.3) is 5.82 Å². The van der Waals surface area contributed by atoms with Crippen molar-refractivity contribution in [3.05, 3.63) is 30.9 Å². The molecular weight excluding hydrogens is 274 g/mol. The summed E-state index contributed by atoms with van der Waals surface area (Å²) < 4.78 is 1.64. The highest BCUT2D eigenvalue weighted by Gasteiger charge is 2.10. The van der Waals surface area contributed by atoms with E-state index in [4.69, 9.17) is 0 Å². The summed E-state index contributed by atoms with van der Waals surface area (Å²) in [7, 11) is 0. The van der Waals surface area contributed by atoms with E-state index in [-0.39, 0.29) is 5.91 Å². The number of hydrogen-bond donors (Lipinski definition) is 1. The Morgan fingerprint density at radius 2 is 2.20 bits per heavy atom. The van der Waals surface area contributed by atoms with Gasteiger partial charge >= 0.3 is 0 Å². The third kappa shape index (κ3) is 4.06. The van der Waals surface area contributed by atoms with Crippen LogP contribution in [0.3, 0.4) is 0 Å². The highest BCUT2D eigenvalue weighted by atomic mass is 32.2. The van der Waals surface area contributed by atoms with Crippen molar-refractivity contribution in [2.45, 2.75) is 24.8 Å². The standard InChI is InChI=1S/C13H17N5OS/c1-2-3-5-14-11(19)10-20-13-12(15-7-8-16-13)18-9-4-6-17-18/h4,6-9H,2-3,5,10H2,1H3,(H,14,19). The lowest BCUT2D eigenvalue weighted by Crippen LogP contribution is -2.26. The minimum atomic E-state index is 0.0144. The number of hydrogen-bond acceptors (Lipinski definition) is 5. The Morgan fingerprint density at radius 1 is 1.35 bits per heavy atom. The first-order valence-electron chi connectivity index (χ1n) is 6.51. The number of nitrogens with one attached hydrogen (secondary N) is 1. The van der Waals surface area contributed by atoms with Crippen LogP contribution >= 0.6 is 11.8 Å². The molecule has 6 nitrogen and oxygen atoms in total. The van der Waals surface area contributed by atoms with Gasteiger partial charge in [0.05, 0.1) is 5.75 Å². The van der Waals surface area contributed by atoms with Crippen molar-refractivity contribution in [1.82, 2.24) is 25.1 Å². The molecule has 0 aliphatic carbocycles. The number of carbonyl (C=O) groups is 1. The van der Waals surface area contributed by atoms with Crippen LogP contribution in [0.1, 0.15) is 19.8 Å². The molecule has 2 heterocycles. The number of nitrogens with zero attached hydrogens (tertiary/aromatic N) is 4. The molecule has 2 aromatic rings. The molecule has 1 amide bonds. The average molecular weight is 291 g/mol. The van der Waals surface area contributed by atoms with E-state index in [1.54, 1.807) is 29.5 Å². The summed E-state index contributed by atoms with van der Waals surface area (Å²) in [5.41, 5.74) is 0. The minimum absolute atomic E-state index is 0.0144. The molecule has 2 rings (SSSR count). The Bertz CT molecular complexity index is 543. The normalized spacial score (nSPS) is 10.4. The Kier molecular flexibility index (Phi) is 5.55. The maximum absolute atomic E-state index is 11.7. The number of rotatable bonds is 7. The van der Waals surface area contributed by atoms with Gasteiger partial charge in [-0.25, -0.2) is 14.6 Å². The molecule has 0 spiro atoms. The summed E-state index contributed by atoms with van der Waals surface area (Å²) in [6, 6.07) is 1.82. The molecule has 20 heavy (non-hydrogen) atoms.